The van der Waals surface area contributed by atoms with Gasteiger partial charge in [0.05, 0.1) is 13.2 Å². The Bertz CT molecular complexity index is 977. The van der Waals surface area contributed by atoms with Gasteiger partial charge in [0.1, 0.15) is 5.41 Å². The Morgan fingerprint density at radius 3 is 2.42 bits per heavy atom. The molecule has 3 aromatic rings. The van der Waals surface area contributed by atoms with E-state index in [4.69, 9.17) is 4.74 Å². The quantitative estimate of drug-likeness (QED) is 0.684. The van der Waals surface area contributed by atoms with Crippen LogP contribution in [0.2, 0.25) is 0 Å². The largest absolute Gasteiger partial charge is 0.468 e. The van der Waals surface area contributed by atoms with E-state index >= 15 is 0 Å². The van der Waals surface area contributed by atoms with Crippen molar-refractivity contribution in [2.75, 3.05) is 12.0 Å². The summed E-state index contributed by atoms with van der Waals surface area (Å²) < 4.78 is 5.26. The molecule has 0 amide bonds. The smallest absolute Gasteiger partial charge is 0.319 e. The molecule has 0 saturated heterocycles. The number of ether oxygens (including phenoxy) is 1. The van der Waals surface area contributed by atoms with Crippen molar-refractivity contribution in [1.29, 1.82) is 0 Å². The Balaban J connectivity index is 1.73. The highest BCUT2D eigenvalue weighted by atomic mass is 16.5. The molecule has 1 fully saturated rings. The van der Waals surface area contributed by atoms with Gasteiger partial charge < -0.3 is 9.64 Å². The second kappa shape index (κ2) is 5.39. The lowest BCUT2D eigenvalue weighted by Gasteiger charge is -2.27. The van der Waals surface area contributed by atoms with E-state index in [1.165, 1.54) is 7.11 Å². The molecule has 1 aliphatic heterocycles. The van der Waals surface area contributed by atoms with Gasteiger partial charge in [-0.2, -0.15) is 0 Å². The first-order valence-electron chi connectivity index (χ1n) is 8.59. The zero-order chi connectivity index (χ0) is 17.7. The molecule has 5 heteroatoms. The Morgan fingerprint density at radius 1 is 1.00 bits per heavy atom. The number of rotatable bonds is 3. The number of hydrogen-bond donors (Lipinski definition) is 0. The molecule has 5 rings (SSSR count). The van der Waals surface area contributed by atoms with Crippen LogP contribution in [0, 0.1) is 0 Å². The lowest BCUT2D eigenvalue weighted by atomic mass is 9.88. The average molecular weight is 343 g/mol. The summed E-state index contributed by atoms with van der Waals surface area (Å²) in [4.78, 5) is 24.0. The first-order valence-corrected chi connectivity index (χ1v) is 8.59. The maximum absolute atomic E-state index is 13.0. The SMILES string of the molecule is COC(=O)[C@@]1(c2ccccc2)[C@@H]2c3ccccc3N(c3ncccn3)[C@@H]21. The molecular formula is C21H17N3O2. The van der Waals surface area contributed by atoms with Gasteiger partial charge in [-0.25, -0.2) is 9.97 Å². The maximum Gasteiger partial charge on any atom is 0.319 e. The lowest BCUT2D eigenvalue weighted by molar-refractivity contribution is -0.144. The van der Waals surface area contributed by atoms with Gasteiger partial charge in [-0.15, -0.1) is 0 Å². The van der Waals surface area contributed by atoms with Gasteiger partial charge in [-0.1, -0.05) is 48.5 Å². The van der Waals surface area contributed by atoms with E-state index in [9.17, 15) is 4.79 Å². The average Bonchev–Trinajstić information content (AvgIpc) is 3.27. The normalized spacial score (nSPS) is 25.3. The van der Waals surface area contributed by atoms with Crippen molar-refractivity contribution in [2.45, 2.75) is 17.4 Å². The number of fused-ring (bicyclic) bond motifs is 3. The third-order valence-electron chi connectivity index (χ3n) is 5.52. The summed E-state index contributed by atoms with van der Waals surface area (Å²) >= 11 is 0. The number of methoxy groups -OCH3 is 1. The molecular weight excluding hydrogens is 326 g/mol. The minimum atomic E-state index is -0.733. The molecule has 0 unspecified atom stereocenters. The molecule has 2 heterocycles. The second-order valence-electron chi connectivity index (χ2n) is 6.63. The number of para-hydroxylation sites is 1. The van der Waals surface area contributed by atoms with Gasteiger partial charge in [0, 0.05) is 24.0 Å². The predicted octanol–water partition coefficient (Wildman–Crippen LogP) is 3.21. The van der Waals surface area contributed by atoms with Crippen LogP contribution in [-0.4, -0.2) is 29.1 Å². The second-order valence-corrected chi connectivity index (χ2v) is 6.63. The van der Waals surface area contributed by atoms with E-state index in [-0.39, 0.29) is 17.9 Å². The number of carbonyl (C=O) groups excluding carboxylic acids is 1. The minimum absolute atomic E-state index is 0.0253. The third-order valence-corrected chi connectivity index (χ3v) is 5.52. The number of aromatic nitrogens is 2. The molecule has 0 bridgehead atoms. The summed E-state index contributed by atoms with van der Waals surface area (Å²) in [5.74, 6) is 0.417. The van der Waals surface area contributed by atoms with Gasteiger partial charge >= 0.3 is 5.97 Å². The molecule has 1 saturated carbocycles. The highest BCUT2D eigenvalue weighted by molar-refractivity contribution is 5.97. The van der Waals surface area contributed by atoms with Crippen molar-refractivity contribution < 1.29 is 9.53 Å². The fourth-order valence-corrected chi connectivity index (χ4v) is 4.50. The van der Waals surface area contributed by atoms with Crippen molar-refractivity contribution >= 4 is 17.6 Å². The van der Waals surface area contributed by atoms with E-state index in [1.807, 2.05) is 42.5 Å². The molecule has 5 nitrogen and oxygen atoms in total. The molecule has 1 aliphatic carbocycles. The molecule has 0 radical (unpaired) electrons. The lowest BCUT2D eigenvalue weighted by Crippen LogP contribution is -2.35. The first kappa shape index (κ1) is 15.1. The number of benzene rings is 2. The molecule has 26 heavy (non-hydrogen) atoms. The zero-order valence-corrected chi connectivity index (χ0v) is 14.2. The Kier molecular flexibility index (Phi) is 3.13. The third kappa shape index (κ3) is 1.77. The zero-order valence-electron chi connectivity index (χ0n) is 14.2. The van der Waals surface area contributed by atoms with Crippen LogP contribution in [0.15, 0.2) is 73.1 Å². The Morgan fingerprint density at radius 2 is 1.69 bits per heavy atom. The highest BCUT2D eigenvalue weighted by Gasteiger charge is 2.78. The fourth-order valence-electron chi connectivity index (χ4n) is 4.50. The van der Waals surface area contributed by atoms with Crippen LogP contribution in [0.25, 0.3) is 0 Å². The van der Waals surface area contributed by atoms with Crippen LogP contribution in [0.1, 0.15) is 17.0 Å². The van der Waals surface area contributed by atoms with Gasteiger partial charge in [0.25, 0.3) is 0 Å². The van der Waals surface area contributed by atoms with Crippen LogP contribution in [0.4, 0.5) is 11.6 Å². The molecule has 3 atom stereocenters. The number of esters is 1. The van der Waals surface area contributed by atoms with Crippen molar-refractivity contribution in [1.82, 2.24) is 9.97 Å². The van der Waals surface area contributed by atoms with E-state index < -0.39 is 5.41 Å². The monoisotopic (exact) mass is 343 g/mol. The van der Waals surface area contributed by atoms with Gasteiger partial charge in [-0.05, 0) is 23.3 Å². The molecule has 1 aromatic heterocycles. The van der Waals surface area contributed by atoms with E-state index in [0.717, 1.165) is 16.8 Å². The van der Waals surface area contributed by atoms with E-state index in [1.54, 1.807) is 18.5 Å². The van der Waals surface area contributed by atoms with Crippen molar-refractivity contribution in [2.24, 2.45) is 0 Å². The van der Waals surface area contributed by atoms with Crippen LogP contribution in [0.5, 0.6) is 0 Å². The molecule has 0 spiro atoms. The van der Waals surface area contributed by atoms with Crippen LogP contribution >= 0.6 is 0 Å². The molecule has 2 aromatic carbocycles. The topological polar surface area (TPSA) is 55.3 Å². The van der Waals surface area contributed by atoms with Crippen LogP contribution < -0.4 is 4.90 Å². The fraction of sp³-hybridized carbons (Fsp3) is 0.190. The Labute approximate surface area is 151 Å². The first-order chi connectivity index (χ1) is 12.8. The molecule has 0 N–H and O–H groups in total. The molecule has 2 aliphatic rings. The number of anilines is 2. The molecule has 128 valence electrons. The van der Waals surface area contributed by atoms with Crippen LogP contribution in [0.3, 0.4) is 0 Å². The van der Waals surface area contributed by atoms with Crippen LogP contribution in [-0.2, 0) is 14.9 Å². The summed E-state index contributed by atoms with van der Waals surface area (Å²) in [7, 11) is 1.45. The minimum Gasteiger partial charge on any atom is -0.468 e. The van der Waals surface area contributed by atoms with Crippen molar-refractivity contribution in [3.8, 4) is 0 Å². The van der Waals surface area contributed by atoms with Gasteiger partial charge in [-0.3, -0.25) is 4.79 Å². The summed E-state index contributed by atoms with van der Waals surface area (Å²) in [6, 6.07) is 19.7. The predicted molar refractivity (Wildman–Crippen MR) is 97.3 cm³/mol. The summed E-state index contributed by atoms with van der Waals surface area (Å²) in [5.41, 5.74) is 2.43. The maximum atomic E-state index is 13.0. The summed E-state index contributed by atoms with van der Waals surface area (Å²) in [6.45, 7) is 0. The van der Waals surface area contributed by atoms with Crippen molar-refractivity contribution in [3.63, 3.8) is 0 Å². The van der Waals surface area contributed by atoms with E-state index in [0.29, 0.717) is 5.95 Å². The highest BCUT2D eigenvalue weighted by Crippen LogP contribution is 2.70. The number of hydrogen-bond acceptors (Lipinski definition) is 5. The number of nitrogens with zero attached hydrogens (tertiary/aromatic N) is 3. The summed E-state index contributed by atoms with van der Waals surface area (Å²) in [5, 5.41) is 0. The van der Waals surface area contributed by atoms with Gasteiger partial charge in [0.2, 0.25) is 5.95 Å². The standard InChI is InChI=1S/C21H17N3O2/c1-26-19(25)21(14-8-3-2-4-9-14)17-15-10-5-6-11-16(15)24(18(17)21)20-22-12-7-13-23-20/h2-13,17-18H,1H3/t17-,18+,21+/m1/s1. The summed E-state index contributed by atoms with van der Waals surface area (Å²) in [6.07, 6.45) is 3.45. The van der Waals surface area contributed by atoms with Crippen molar-refractivity contribution in [3.05, 3.63) is 84.2 Å². The van der Waals surface area contributed by atoms with E-state index in [2.05, 4.69) is 27.0 Å². The Hall–Kier alpha value is -3.21. The van der Waals surface area contributed by atoms with Gasteiger partial charge in [0.15, 0.2) is 0 Å². The number of carbonyl (C=O) groups is 1.